The Morgan fingerprint density at radius 1 is 1.17 bits per heavy atom. The molecule has 2 heterocycles. The van der Waals surface area contributed by atoms with E-state index in [0.29, 0.717) is 5.69 Å². The summed E-state index contributed by atoms with van der Waals surface area (Å²) in [6, 6.07) is 14.3. The number of anilines is 1. The number of ether oxygens (including phenoxy) is 1. The third-order valence-electron chi connectivity index (χ3n) is 5.04. The summed E-state index contributed by atoms with van der Waals surface area (Å²) in [5, 5.41) is 5.68. The first-order chi connectivity index (χ1) is 14.1. The number of thiazole rings is 1. The van der Waals surface area contributed by atoms with Gasteiger partial charge in [-0.2, -0.15) is 0 Å². The number of carbonyl (C=O) groups excluding carboxylic acids is 1. The summed E-state index contributed by atoms with van der Waals surface area (Å²) < 4.78 is 5.41. The average molecular weight is 408 g/mol. The van der Waals surface area contributed by atoms with Crippen molar-refractivity contribution in [3.63, 3.8) is 0 Å². The molecule has 5 nitrogen and oxygen atoms in total. The van der Waals surface area contributed by atoms with E-state index >= 15 is 0 Å². The van der Waals surface area contributed by atoms with Crippen LogP contribution in [0.2, 0.25) is 0 Å². The van der Waals surface area contributed by atoms with Gasteiger partial charge in [-0.1, -0.05) is 35.9 Å². The number of hydrogen-bond donors (Lipinski definition) is 1. The van der Waals surface area contributed by atoms with Crippen LogP contribution in [0.3, 0.4) is 0 Å². The molecule has 0 atom stereocenters. The fraction of sp³-hybridized carbons (Fsp3) is 0.304. The predicted octanol–water partition coefficient (Wildman–Crippen LogP) is 4.51. The SMILES string of the molecule is Cc1ccc(-c2nc(C(=O)Nc3cccc(CN4CCOCC4)c3)cs2)c(C)c1. The van der Waals surface area contributed by atoms with E-state index in [1.165, 1.54) is 28.0 Å². The molecule has 0 saturated carbocycles. The van der Waals surface area contributed by atoms with Gasteiger partial charge >= 0.3 is 0 Å². The third kappa shape index (κ3) is 4.90. The molecule has 0 spiro atoms. The van der Waals surface area contributed by atoms with Crippen LogP contribution >= 0.6 is 11.3 Å². The molecule has 0 aliphatic carbocycles. The molecule has 6 heteroatoms. The minimum Gasteiger partial charge on any atom is -0.379 e. The van der Waals surface area contributed by atoms with Crippen LogP contribution in [-0.2, 0) is 11.3 Å². The molecule has 4 rings (SSSR count). The van der Waals surface area contributed by atoms with E-state index in [1.54, 1.807) is 0 Å². The van der Waals surface area contributed by atoms with E-state index in [2.05, 4.69) is 53.3 Å². The van der Waals surface area contributed by atoms with Crippen LogP contribution in [0.5, 0.6) is 0 Å². The van der Waals surface area contributed by atoms with Crippen molar-refractivity contribution in [1.29, 1.82) is 0 Å². The molecule has 2 aromatic carbocycles. The normalized spacial score (nSPS) is 14.7. The predicted molar refractivity (Wildman–Crippen MR) is 118 cm³/mol. The molecule has 1 amide bonds. The summed E-state index contributed by atoms with van der Waals surface area (Å²) in [6.07, 6.45) is 0. The van der Waals surface area contributed by atoms with Crippen LogP contribution in [0.1, 0.15) is 27.2 Å². The minimum atomic E-state index is -0.180. The van der Waals surface area contributed by atoms with E-state index in [4.69, 9.17) is 4.74 Å². The molecule has 1 aliphatic heterocycles. The van der Waals surface area contributed by atoms with E-state index in [0.717, 1.165) is 49.1 Å². The van der Waals surface area contributed by atoms with Gasteiger partial charge in [-0.05, 0) is 37.1 Å². The highest BCUT2D eigenvalue weighted by molar-refractivity contribution is 7.13. The number of nitrogens with zero attached hydrogens (tertiary/aromatic N) is 2. The number of aryl methyl sites for hydroxylation is 2. The van der Waals surface area contributed by atoms with Crippen LogP contribution in [0.25, 0.3) is 10.6 Å². The van der Waals surface area contributed by atoms with Gasteiger partial charge in [0, 0.05) is 36.3 Å². The highest BCUT2D eigenvalue weighted by Gasteiger charge is 2.15. The number of benzene rings is 2. The maximum atomic E-state index is 12.7. The fourth-order valence-electron chi connectivity index (χ4n) is 3.52. The molecular weight excluding hydrogens is 382 g/mol. The van der Waals surface area contributed by atoms with Gasteiger partial charge in [-0.3, -0.25) is 9.69 Å². The van der Waals surface area contributed by atoms with Gasteiger partial charge in [0.15, 0.2) is 0 Å². The van der Waals surface area contributed by atoms with Gasteiger partial charge in [0.1, 0.15) is 10.7 Å². The van der Waals surface area contributed by atoms with E-state index in [-0.39, 0.29) is 5.91 Å². The first-order valence-electron chi connectivity index (χ1n) is 9.82. The fourth-order valence-corrected chi connectivity index (χ4v) is 4.41. The number of amides is 1. The van der Waals surface area contributed by atoms with Crippen molar-refractivity contribution in [2.75, 3.05) is 31.6 Å². The van der Waals surface area contributed by atoms with Crippen molar-refractivity contribution < 1.29 is 9.53 Å². The molecule has 1 N–H and O–H groups in total. The van der Waals surface area contributed by atoms with E-state index in [9.17, 15) is 4.79 Å². The van der Waals surface area contributed by atoms with Crippen LogP contribution in [0.15, 0.2) is 47.8 Å². The number of nitrogens with one attached hydrogen (secondary N) is 1. The molecule has 1 aliphatic rings. The lowest BCUT2D eigenvalue weighted by molar-refractivity contribution is 0.0342. The van der Waals surface area contributed by atoms with Crippen LogP contribution in [0, 0.1) is 13.8 Å². The Morgan fingerprint density at radius 3 is 2.79 bits per heavy atom. The summed E-state index contributed by atoms with van der Waals surface area (Å²) in [6.45, 7) is 8.45. The van der Waals surface area contributed by atoms with Crippen molar-refractivity contribution in [3.8, 4) is 10.6 Å². The highest BCUT2D eigenvalue weighted by atomic mass is 32.1. The molecule has 0 bridgehead atoms. The van der Waals surface area contributed by atoms with E-state index < -0.39 is 0 Å². The zero-order valence-electron chi connectivity index (χ0n) is 16.8. The Kier molecular flexibility index (Phi) is 6.04. The van der Waals surface area contributed by atoms with Crippen molar-refractivity contribution in [2.24, 2.45) is 0 Å². The molecule has 1 saturated heterocycles. The Bertz CT molecular complexity index is 1010. The lowest BCUT2D eigenvalue weighted by Crippen LogP contribution is -2.35. The van der Waals surface area contributed by atoms with Gasteiger partial charge in [0.25, 0.3) is 5.91 Å². The van der Waals surface area contributed by atoms with Crippen LogP contribution < -0.4 is 5.32 Å². The summed E-state index contributed by atoms with van der Waals surface area (Å²) in [5.74, 6) is -0.180. The van der Waals surface area contributed by atoms with Crippen molar-refractivity contribution >= 4 is 22.9 Å². The lowest BCUT2D eigenvalue weighted by Gasteiger charge is -2.26. The maximum Gasteiger partial charge on any atom is 0.275 e. The Hall–Kier alpha value is -2.54. The quantitative estimate of drug-likeness (QED) is 0.676. The molecule has 0 unspecified atom stereocenters. The monoisotopic (exact) mass is 407 g/mol. The molecule has 1 aromatic heterocycles. The number of morpholine rings is 1. The largest absolute Gasteiger partial charge is 0.379 e. The second-order valence-electron chi connectivity index (χ2n) is 7.40. The number of carbonyl (C=O) groups is 1. The molecule has 0 radical (unpaired) electrons. The van der Waals surface area contributed by atoms with E-state index in [1.807, 2.05) is 23.6 Å². The second kappa shape index (κ2) is 8.86. The Balaban J connectivity index is 1.44. The summed E-state index contributed by atoms with van der Waals surface area (Å²) >= 11 is 1.50. The zero-order chi connectivity index (χ0) is 20.2. The van der Waals surface area contributed by atoms with Crippen molar-refractivity contribution in [1.82, 2.24) is 9.88 Å². The van der Waals surface area contributed by atoms with Gasteiger partial charge in [0.2, 0.25) is 0 Å². The summed E-state index contributed by atoms with van der Waals surface area (Å²) in [4.78, 5) is 19.6. The smallest absolute Gasteiger partial charge is 0.275 e. The van der Waals surface area contributed by atoms with Gasteiger partial charge < -0.3 is 10.1 Å². The van der Waals surface area contributed by atoms with Gasteiger partial charge in [-0.25, -0.2) is 4.98 Å². The van der Waals surface area contributed by atoms with Gasteiger partial charge in [-0.15, -0.1) is 11.3 Å². The zero-order valence-corrected chi connectivity index (χ0v) is 17.6. The number of rotatable bonds is 5. The first-order valence-corrected chi connectivity index (χ1v) is 10.7. The number of aromatic nitrogens is 1. The van der Waals surface area contributed by atoms with Crippen LogP contribution in [0.4, 0.5) is 5.69 Å². The maximum absolute atomic E-state index is 12.7. The summed E-state index contributed by atoms with van der Waals surface area (Å²) in [7, 11) is 0. The first kappa shape index (κ1) is 19.8. The lowest BCUT2D eigenvalue weighted by atomic mass is 10.1. The third-order valence-corrected chi connectivity index (χ3v) is 5.92. The minimum absolute atomic E-state index is 0.180. The Labute approximate surface area is 175 Å². The molecule has 3 aromatic rings. The molecule has 29 heavy (non-hydrogen) atoms. The molecule has 1 fully saturated rings. The number of hydrogen-bond acceptors (Lipinski definition) is 5. The van der Waals surface area contributed by atoms with Gasteiger partial charge in [0.05, 0.1) is 13.2 Å². The highest BCUT2D eigenvalue weighted by Crippen LogP contribution is 2.28. The standard InChI is InChI=1S/C23H25N3O2S/c1-16-6-7-20(17(2)12-16)23-25-21(15-29-23)22(27)24-19-5-3-4-18(13-19)14-26-8-10-28-11-9-26/h3-7,12-13,15H,8-11,14H2,1-2H3,(H,24,27). The van der Waals surface area contributed by atoms with Crippen LogP contribution in [-0.4, -0.2) is 42.1 Å². The van der Waals surface area contributed by atoms with Crippen molar-refractivity contribution in [3.05, 3.63) is 70.2 Å². The average Bonchev–Trinajstić information content (AvgIpc) is 3.19. The summed E-state index contributed by atoms with van der Waals surface area (Å²) in [5.41, 5.74) is 5.89. The molecular formula is C23H25N3O2S. The van der Waals surface area contributed by atoms with Crippen molar-refractivity contribution in [2.45, 2.75) is 20.4 Å². The second-order valence-corrected chi connectivity index (χ2v) is 8.26. The molecule has 150 valence electrons. The Morgan fingerprint density at radius 2 is 2.00 bits per heavy atom. The topological polar surface area (TPSA) is 54.5 Å².